The Labute approximate surface area is 173 Å². The van der Waals surface area contributed by atoms with Gasteiger partial charge in [0.25, 0.3) is 5.91 Å². The Balaban J connectivity index is 1.67. The van der Waals surface area contributed by atoms with Gasteiger partial charge in [0.1, 0.15) is 6.04 Å². The zero-order valence-electron chi connectivity index (χ0n) is 16.7. The van der Waals surface area contributed by atoms with E-state index in [0.29, 0.717) is 34.2 Å². The summed E-state index contributed by atoms with van der Waals surface area (Å²) < 4.78 is 3.22. The molecule has 0 saturated carbocycles. The van der Waals surface area contributed by atoms with Gasteiger partial charge in [-0.05, 0) is 50.6 Å². The predicted molar refractivity (Wildman–Crippen MR) is 112 cm³/mol. The molecule has 0 fully saturated rings. The number of rotatable bonds is 6. The maximum atomic E-state index is 12.8. The Morgan fingerprint density at radius 2 is 1.69 bits per heavy atom. The van der Waals surface area contributed by atoms with Gasteiger partial charge in [0.05, 0.1) is 16.4 Å². The van der Waals surface area contributed by atoms with Crippen LogP contribution in [0.25, 0.3) is 0 Å². The highest BCUT2D eigenvalue weighted by molar-refractivity contribution is 6.31. The smallest absolute Gasteiger partial charge is 0.276 e. The van der Waals surface area contributed by atoms with Gasteiger partial charge in [-0.3, -0.25) is 19.0 Å². The minimum absolute atomic E-state index is 0.181. The van der Waals surface area contributed by atoms with Crippen LogP contribution >= 0.6 is 11.6 Å². The van der Waals surface area contributed by atoms with Gasteiger partial charge in [0, 0.05) is 24.6 Å². The third-order valence-corrected chi connectivity index (χ3v) is 5.12. The molecule has 1 aromatic carbocycles. The highest BCUT2D eigenvalue weighted by atomic mass is 35.5. The quantitative estimate of drug-likeness (QED) is 0.642. The van der Waals surface area contributed by atoms with E-state index in [0.717, 1.165) is 5.69 Å². The van der Waals surface area contributed by atoms with E-state index in [9.17, 15) is 9.59 Å². The van der Waals surface area contributed by atoms with E-state index in [-0.39, 0.29) is 11.8 Å². The van der Waals surface area contributed by atoms with Crippen molar-refractivity contribution in [3.63, 3.8) is 0 Å². The van der Waals surface area contributed by atoms with Crippen LogP contribution in [0.4, 0.5) is 11.4 Å². The highest BCUT2D eigenvalue weighted by Crippen LogP contribution is 2.25. The number of aryl methyl sites for hydroxylation is 2. The lowest BCUT2D eigenvalue weighted by Gasteiger charge is -2.17. The van der Waals surface area contributed by atoms with Crippen LogP contribution in [0.1, 0.15) is 41.3 Å². The molecule has 0 spiro atoms. The van der Waals surface area contributed by atoms with Gasteiger partial charge in [-0.2, -0.15) is 10.2 Å². The van der Waals surface area contributed by atoms with E-state index in [4.69, 9.17) is 11.6 Å². The van der Waals surface area contributed by atoms with Crippen molar-refractivity contribution in [3.05, 3.63) is 58.6 Å². The monoisotopic (exact) mass is 414 g/mol. The molecule has 0 aliphatic carbocycles. The fourth-order valence-electron chi connectivity index (χ4n) is 3.01. The van der Waals surface area contributed by atoms with E-state index in [1.807, 2.05) is 20.8 Å². The third kappa shape index (κ3) is 4.48. The fourth-order valence-corrected chi connectivity index (χ4v) is 3.13. The lowest BCUT2D eigenvalue weighted by molar-refractivity contribution is -0.119. The van der Waals surface area contributed by atoms with Crippen molar-refractivity contribution in [1.82, 2.24) is 19.6 Å². The summed E-state index contributed by atoms with van der Waals surface area (Å²) in [5.41, 5.74) is 3.02. The van der Waals surface area contributed by atoms with Gasteiger partial charge in [-0.1, -0.05) is 18.5 Å². The van der Waals surface area contributed by atoms with Crippen molar-refractivity contribution in [2.24, 2.45) is 7.05 Å². The van der Waals surface area contributed by atoms with Crippen LogP contribution in [0.3, 0.4) is 0 Å². The molecule has 0 aliphatic rings. The molecule has 8 nitrogen and oxygen atoms in total. The maximum Gasteiger partial charge on any atom is 0.276 e. The Morgan fingerprint density at radius 1 is 1.07 bits per heavy atom. The van der Waals surface area contributed by atoms with Gasteiger partial charge in [0.2, 0.25) is 5.91 Å². The van der Waals surface area contributed by atoms with Crippen molar-refractivity contribution in [2.45, 2.75) is 33.2 Å². The van der Waals surface area contributed by atoms with E-state index in [2.05, 4.69) is 20.8 Å². The first-order valence-corrected chi connectivity index (χ1v) is 9.61. The number of carbonyl (C=O) groups excluding carboxylic acids is 2. The second-order valence-corrected chi connectivity index (χ2v) is 7.13. The molecule has 1 unspecified atom stereocenters. The molecule has 152 valence electrons. The van der Waals surface area contributed by atoms with Crippen LogP contribution in [0.5, 0.6) is 0 Å². The number of nitrogens with one attached hydrogen (secondary N) is 2. The SMILES string of the molecule is CCC(C(=O)Nc1ccc(NC(=O)c2ccn(C)n2)cc1)n1nc(C)c(Cl)c1C. The fraction of sp³-hybridized carbons (Fsp3) is 0.300. The number of hydrogen-bond donors (Lipinski definition) is 2. The third-order valence-electron chi connectivity index (χ3n) is 4.58. The normalized spacial score (nSPS) is 11.9. The molecule has 2 heterocycles. The molecule has 1 atom stereocenters. The summed E-state index contributed by atoms with van der Waals surface area (Å²) in [5.74, 6) is -0.477. The van der Waals surface area contributed by atoms with Crippen molar-refractivity contribution in [3.8, 4) is 0 Å². The van der Waals surface area contributed by atoms with Crippen LogP contribution in [-0.2, 0) is 11.8 Å². The minimum Gasteiger partial charge on any atom is -0.324 e. The summed E-state index contributed by atoms with van der Waals surface area (Å²) in [4.78, 5) is 24.9. The largest absolute Gasteiger partial charge is 0.324 e. The molecule has 0 bridgehead atoms. The molecule has 29 heavy (non-hydrogen) atoms. The van der Waals surface area contributed by atoms with Gasteiger partial charge in [-0.15, -0.1) is 0 Å². The summed E-state index contributed by atoms with van der Waals surface area (Å²) in [6, 6.07) is 8.07. The van der Waals surface area contributed by atoms with Gasteiger partial charge < -0.3 is 10.6 Å². The predicted octanol–water partition coefficient (Wildman–Crippen LogP) is 3.73. The average Bonchev–Trinajstić information content (AvgIpc) is 3.23. The van der Waals surface area contributed by atoms with Crippen molar-refractivity contribution < 1.29 is 9.59 Å². The van der Waals surface area contributed by atoms with Gasteiger partial charge in [-0.25, -0.2) is 0 Å². The maximum absolute atomic E-state index is 12.8. The lowest BCUT2D eigenvalue weighted by Crippen LogP contribution is -2.27. The van der Waals surface area contributed by atoms with Gasteiger partial charge >= 0.3 is 0 Å². The first-order chi connectivity index (χ1) is 13.8. The number of benzene rings is 1. The number of carbonyl (C=O) groups is 2. The summed E-state index contributed by atoms with van der Waals surface area (Å²) in [6.07, 6.45) is 2.27. The first kappa shape index (κ1) is 20.6. The number of anilines is 2. The van der Waals surface area contributed by atoms with Crippen LogP contribution < -0.4 is 10.6 Å². The topological polar surface area (TPSA) is 93.8 Å². The zero-order valence-corrected chi connectivity index (χ0v) is 17.5. The van der Waals surface area contributed by atoms with Crippen molar-refractivity contribution in [1.29, 1.82) is 0 Å². The molecule has 0 aliphatic heterocycles. The molecule has 3 aromatic rings. The minimum atomic E-state index is -0.468. The number of amides is 2. The van der Waals surface area contributed by atoms with Crippen LogP contribution in [-0.4, -0.2) is 31.4 Å². The Kier molecular flexibility index (Phi) is 6.03. The molecule has 3 rings (SSSR count). The molecule has 2 aromatic heterocycles. The molecule has 9 heteroatoms. The lowest BCUT2D eigenvalue weighted by atomic mass is 10.2. The number of halogens is 1. The van der Waals surface area contributed by atoms with Crippen LogP contribution in [0.2, 0.25) is 5.02 Å². The summed E-state index contributed by atoms with van der Waals surface area (Å²) in [7, 11) is 1.75. The Hall–Kier alpha value is -3.13. The van der Waals surface area contributed by atoms with Gasteiger partial charge in [0.15, 0.2) is 5.69 Å². The Bertz CT molecular complexity index is 1040. The first-order valence-electron chi connectivity index (χ1n) is 9.23. The average molecular weight is 415 g/mol. The molecular weight excluding hydrogens is 392 g/mol. The summed E-state index contributed by atoms with van der Waals surface area (Å²) >= 11 is 6.21. The zero-order chi connectivity index (χ0) is 21.1. The molecular formula is C20H23ClN6O2. The standard InChI is InChI=1S/C20H23ClN6O2/c1-5-17(27-13(3)18(21)12(2)24-27)20(29)23-15-8-6-14(7-9-15)22-19(28)16-10-11-26(4)25-16/h6-11,17H,5H2,1-4H3,(H,22,28)(H,23,29). The second-order valence-electron chi connectivity index (χ2n) is 6.75. The molecule has 0 saturated heterocycles. The molecule has 2 N–H and O–H groups in total. The van der Waals surface area contributed by atoms with E-state index < -0.39 is 6.04 Å². The molecule has 0 radical (unpaired) electrons. The van der Waals surface area contributed by atoms with E-state index in [1.54, 1.807) is 52.9 Å². The van der Waals surface area contributed by atoms with E-state index >= 15 is 0 Å². The second kappa shape index (κ2) is 8.48. The number of hydrogen-bond acceptors (Lipinski definition) is 4. The summed E-state index contributed by atoms with van der Waals surface area (Å²) in [5, 5.41) is 14.7. The van der Waals surface area contributed by atoms with Crippen LogP contribution in [0, 0.1) is 13.8 Å². The Morgan fingerprint density at radius 3 is 2.17 bits per heavy atom. The number of aromatic nitrogens is 4. The van der Waals surface area contributed by atoms with E-state index in [1.165, 1.54) is 0 Å². The summed E-state index contributed by atoms with van der Waals surface area (Å²) in [6.45, 7) is 5.58. The number of nitrogens with zero attached hydrogens (tertiary/aromatic N) is 4. The highest BCUT2D eigenvalue weighted by Gasteiger charge is 2.23. The van der Waals surface area contributed by atoms with Crippen molar-refractivity contribution >= 4 is 34.8 Å². The van der Waals surface area contributed by atoms with Crippen LogP contribution in [0.15, 0.2) is 36.5 Å². The molecule has 2 amide bonds. The van der Waals surface area contributed by atoms with Crippen molar-refractivity contribution in [2.75, 3.05) is 10.6 Å².